The second-order valence-corrected chi connectivity index (χ2v) is 6.29. The number of H-pyrrole nitrogens is 1. The van der Waals surface area contributed by atoms with Gasteiger partial charge in [0.1, 0.15) is 0 Å². The monoisotopic (exact) mass is 305 g/mol. The normalized spacial score (nSPS) is 11.9. The fraction of sp³-hybridized carbons (Fsp3) is 0.364. The van der Waals surface area contributed by atoms with Crippen LogP contribution in [0.4, 0.5) is 10.1 Å². The van der Waals surface area contributed by atoms with Gasteiger partial charge in [0.2, 0.25) is 10.0 Å². The molecule has 1 aromatic carbocycles. The van der Waals surface area contributed by atoms with Crippen molar-refractivity contribution in [3.8, 4) is 0 Å². The number of nitrogens with zero attached hydrogens (tertiary/aromatic N) is 1. The minimum Gasteiger partial charge on any atom is -0.284 e. The van der Waals surface area contributed by atoms with Crippen LogP contribution in [0, 0.1) is 0 Å². The number of halogens is 2. The Morgan fingerprint density at radius 3 is 2.89 bits per heavy atom. The number of anilines is 1. The van der Waals surface area contributed by atoms with Gasteiger partial charge in [-0.1, -0.05) is 11.6 Å². The summed E-state index contributed by atoms with van der Waals surface area (Å²) in [6, 6.07) is 4.91. The van der Waals surface area contributed by atoms with Crippen molar-refractivity contribution in [1.29, 1.82) is 0 Å². The molecule has 0 saturated heterocycles. The number of hydrogen-bond donors (Lipinski definition) is 2. The Kier molecular flexibility index (Phi) is 4.26. The third kappa shape index (κ3) is 3.57. The summed E-state index contributed by atoms with van der Waals surface area (Å²) < 4.78 is 37.9. The van der Waals surface area contributed by atoms with Gasteiger partial charge in [-0.25, -0.2) is 8.42 Å². The maximum absolute atomic E-state index is 11.9. The molecule has 0 saturated carbocycles. The van der Waals surface area contributed by atoms with Gasteiger partial charge in [-0.2, -0.15) is 5.10 Å². The van der Waals surface area contributed by atoms with Gasteiger partial charge in [-0.15, -0.1) is 0 Å². The van der Waals surface area contributed by atoms with Crippen LogP contribution >= 0.6 is 11.6 Å². The first-order valence-corrected chi connectivity index (χ1v) is 7.75. The van der Waals surface area contributed by atoms with Crippen LogP contribution in [-0.4, -0.2) is 31.0 Å². The van der Waals surface area contributed by atoms with Crippen LogP contribution in [0.1, 0.15) is 12.8 Å². The van der Waals surface area contributed by atoms with E-state index < -0.39 is 16.7 Å². The van der Waals surface area contributed by atoms with Crippen LogP contribution in [0.3, 0.4) is 0 Å². The van der Waals surface area contributed by atoms with Crippen LogP contribution in [0.25, 0.3) is 10.9 Å². The molecule has 0 amide bonds. The van der Waals surface area contributed by atoms with Gasteiger partial charge in [0.15, 0.2) is 5.15 Å². The van der Waals surface area contributed by atoms with Crippen molar-refractivity contribution in [3.63, 3.8) is 0 Å². The third-order valence-electron chi connectivity index (χ3n) is 2.59. The zero-order valence-electron chi connectivity index (χ0n) is 9.99. The van der Waals surface area contributed by atoms with E-state index in [4.69, 9.17) is 11.6 Å². The molecule has 0 aliphatic carbocycles. The molecule has 1 aromatic heterocycles. The van der Waals surface area contributed by atoms with Crippen LogP contribution < -0.4 is 4.72 Å². The van der Waals surface area contributed by atoms with Crippen LogP contribution in [0.2, 0.25) is 5.15 Å². The Hall–Kier alpha value is -1.34. The molecule has 0 bridgehead atoms. The second-order valence-electron chi connectivity index (χ2n) is 4.09. The van der Waals surface area contributed by atoms with E-state index in [2.05, 4.69) is 14.9 Å². The third-order valence-corrected chi connectivity index (χ3v) is 4.25. The maximum Gasteiger partial charge on any atom is 0.232 e. The number of unbranched alkanes of at least 4 members (excludes halogenated alkanes) is 1. The molecular weight excluding hydrogens is 293 g/mol. The van der Waals surface area contributed by atoms with E-state index in [0.717, 1.165) is 5.52 Å². The molecule has 104 valence electrons. The molecule has 0 unspecified atom stereocenters. The Balaban J connectivity index is 2.14. The van der Waals surface area contributed by atoms with Gasteiger partial charge in [0.05, 0.1) is 17.9 Å². The van der Waals surface area contributed by atoms with E-state index in [1.54, 1.807) is 18.2 Å². The highest BCUT2D eigenvalue weighted by atomic mass is 35.5. The number of sulfonamides is 1. The number of nitrogens with one attached hydrogen (secondary N) is 2. The van der Waals surface area contributed by atoms with E-state index in [1.807, 2.05) is 0 Å². The van der Waals surface area contributed by atoms with Crippen molar-refractivity contribution in [1.82, 2.24) is 10.2 Å². The van der Waals surface area contributed by atoms with E-state index in [1.165, 1.54) is 0 Å². The van der Waals surface area contributed by atoms with Crippen molar-refractivity contribution >= 4 is 38.2 Å². The molecule has 0 aliphatic rings. The molecule has 2 rings (SSSR count). The van der Waals surface area contributed by atoms with Crippen molar-refractivity contribution in [2.75, 3.05) is 17.1 Å². The van der Waals surface area contributed by atoms with Gasteiger partial charge < -0.3 is 0 Å². The topological polar surface area (TPSA) is 74.8 Å². The van der Waals surface area contributed by atoms with Gasteiger partial charge in [0.25, 0.3) is 0 Å². The minimum atomic E-state index is -3.46. The lowest BCUT2D eigenvalue weighted by Crippen LogP contribution is -2.16. The summed E-state index contributed by atoms with van der Waals surface area (Å²) in [5.41, 5.74) is 1.14. The minimum absolute atomic E-state index is 0.103. The van der Waals surface area contributed by atoms with Gasteiger partial charge >= 0.3 is 0 Å². The zero-order chi connectivity index (χ0) is 13.9. The molecule has 1 heterocycles. The van der Waals surface area contributed by atoms with E-state index in [9.17, 15) is 12.8 Å². The van der Waals surface area contributed by atoms with Crippen LogP contribution in [-0.2, 0) is 10.0 Å². The number of aromatic amines is 1. The Labute approximate surface area is 115 Å². The lowest BCUT2D eigenvalue weighted by atomic mass is 10.2. The summed E-state index contributed by atoms with van der Waals surface area (Å²) in [4.78, 5) is 0. The van der Waals surface area contributed by atoms with Crippen molar-refractivity contribution < 1.29 is 12.8 Å². The summed E-state index contributed by atoms with van der Waals surface area (Å²) in [7, 11) is -3.46. The summed E-state index contributed by atoms with van der Waals surface area (Å²) in [6.07, 6.45) is 0.536. The van der Waals surface area contributed by atoms with E-state index >= 15 is 0 Å². The molecule has 5 nitrogen and oxygen atoms in total. The largest absolute Gasteiger partial charge is 0.284 e. The van der Waals surface area contributed by atoms with Crippen molar-refractivity contribution in [2.45, 2.75) is 12.8 Å². The van der Waals surface area contributed by atoms with E-state index in [-0.39, 0.29) is 17.3 Å². The number of alkyl halides is 1. The number of benzene rings is 1. The highest BCUT2D eigenvalue weighted by molar-refractivity contribution is 7.92. The lowest BCUT2D eigenvalue weighted by molar-refractivity contribution is 0.468. The maximum atomic E-state index is 11.9. The number of hydrogen-bond acceptors (Lipinski definition) is 3. The highest BCUT2D eigenvalue weighted by Gasteiger charge is 2.11. The molecular formula is C11H13ClFN3O2S. The quantitative estimate of drug-likeness (QED) is 0.806. The van der Waals surface area contributed by atoms with Crippen molar-refractivity contribution in [2.24, 2.45) is 0 Å². The molecule has 0 fully saturated rings. The lowest BCUT2D eigenvalue weighted by Gasteiger charge is -2.07. The summed E-state index contributed by atoms with van der Waals surface area (Å²) in [5.74, 6) is -0.103. The summed E-state index contributed by atoms with van der Waals surface area (Å²) >= 11 is 5.86. The molecule has 8 heteroatoms. The standard InChI is InChI=1S/C11H13ClFN3O2S/c12-11-9-7-8(3-4-10(9)14-15-11)16-19(17,18)6-2-1-5-13/h3-4,7,16H,1-2,5-6H2,(H,14,15). The molecule has 2 N–H and O–H groups in total. The van der Waals surface area contributed by atoms with Gasteiger partial charge in [-0.3, -0.25) is 14.2 Å². The fourth-order valence-electron chi connectivity index (χ4n) is 1.66. The van der Waals surface area contributed by atoms with Crippen LogP contribution in [0.5, 0.6) is 0 Å². The molecule has 0 spiro atoms. The molecule has 2 aromatic rings. The van der Waals surface area contributed by atoms with E-state index in [0.29, 0.717) is 17.5 Å². The Morgan fingerprint density at radius 2 is 2.16 bits per heavy atom. The molecule has 19 heavy (non-hydrogen) atoms. The average molecular weight is 306 g/mol. The van der Waals surface area contributed by atoms with Gasteiger partial charge in [0, 0.05) is 11.1 Å². The molecule has 0 aliphatic heterocycles. The van der Waals surface area contributed by atoms with Crippen LogP contribution in [0.15, 0.2) is 18.2 Å². The first kappa shape index (κ1) is 14.1. The summed E-state index contributed by atoms with van der Waals surface area (Å²) in [5, 5.41) is 7.46. The Bertz CT molecular complexity index is 672. The Morgan fingerprint density at radius 1 is 1.37 bits per heavy atom. The summed E-state index contributed by atoms with van der Waals surface area (Å²) in [6.45, 7) is -0.508. The van der Waals surface area contributed by atoms with Gasteiger partial charge in [-0.05, 0) is 31.0 Å². The smallest absolute Gasteiger partial charge is 0.232 e. The number of aromatic nitrogens is 2. The molecule has 0 radical (unpaired) electrons. The second kappa shape index (κ2) is 5.75. The molecule has 0 atom stereocenters. The predicted octanol–water partition coefficient (Wildman–Crippen LogP) is 2.71. The fourth-order valence-corrected chi connectivity index (χ4v) is 3.03. The zero-order valence-corrected chi connectivity index (χ0v) is 11.6. The predicted molar refractivity (Wildman–Crippen MR) is 73.7 cm³/mol. The van der Waals surface area contributed by atoms with Crippen molar-refractivity contribution in [3.05, 3.63) is 23.4 Å². The number of rotatable bonds is 6. The number of fused-ring (bicyclic) bond motifs is 1. The first-order chi connectivity index (χ1) is 9.02. The SMILES string of the molecule is O=S(=O)(CCCCF)Nc1ccc2[nH]nc(Cl)c2c1. The highest BCUT2D eigenvalue weighted by Crippen LogP contribution is 2.24. The first-order valence-electron chi connectivity index (χ1n) is 5.72. The average Bonchev–Trinajstić information content (AvgIpc) is 2.71.